The van der Waals surface area contributed by atoms with Crippen molar-refractivity contribution in [3.05, 3.63) is 65.7 Å². The van der Waals surface area contributed by atoms with Crippen molar-refractivity contribution in [2.45, 2.75) is 102 Å². The number of carbonyl (C=O) groups excluding carboxylic acids is 7. The molecule has 2 aromatic rings. The first-order chi connectivity index (χ1) is 28.4. The van der Waals surface area contributed by atoms with Crippen LogP contribution >= 0.6 is 0 Å². The van der Waals surface area contributed by atoms with Crippen molar-refractivity contribution in [2.24, 2.45) is 5.92 Å². The Kier molecular flexibility index (Phi) is 16.2. The van der Waals surface area contributed by atoms with E-state index in [2.05, 4.69) is 21.3 Å². The Hall–Kier alpha value is -5.51. The zero-order chi connectivity index (χ0) is 42.5. The van der Waals surface area contributed by atoms with Crippen LogP contribution in [0.2, 0.25) is 0 Å². The smallest absolute Gasteiger partial charge is 0.318 e. The van der Waals surface area contributed by atoms with Crippen LogP contribution in [-0.2, 0) is 40.0 Å². The number of amides is 7. The number of benzene rings is 2. The molecule has 3 aliphatic rings. The number of hydrogen-bond acceptors (Lipinski definition) is 9. The van der Waals surface area contributed by atoms with E-state index in [0.717, 1.165) is 37.7 Å². The minimum Gasteiger partial charge on any atom is -0.493 e. The maximum atomic E-state index is 14.7. The van der Waals surface area contributed by atoms with E-state index in [9.17, 15) is 33.6 Å². The Morgan fingerprint density at radius 1 is 0.932 bits per heavy atom. The second-order valence-electron chi connectivity index (χ2n) is 15.8. The van der Waals surface area contributed by atoms with E-state index < -0.39 is 72.3 Å². The summed E-state index contributed by atoms with van der Waals surface area (Å²) in [6.07, 6.45) is 5.06. The molecule has 4 bridgehead atoms. The van der Waals surface area contributed by atoms with Crippen LogP contribution in [0.4, 0.5) is 4.79 Å². The quantitative estimate of drug-likeness (QED) is 0.233. The largest absolute Gasteiger partial charge is 0.493 e. The molecule has 1 unspecified atom stereocenters. The van der Waals surface area contributed by atoms with Gasteiger partial charge in [0.1, 0.15) is 23.9 Å². The Balaban J connectivity index is 1.29. The molecule has 2 aromatic carbocycles. The lowest BCUT2D eigenvalue weighted by Crippen LogP contribution is -2.59. The van der Waals surface area contributed by atoms with Crippen LogP contribution < -0.4 is 26.0 Å². The molecule has 320 valence electrons. The molecule has 0 radical (unpaired) electrons. The number of ketones is 1. The van der Waals surface area contributed by atoms with E-state index in [1.54, 1.807) is 58.4 Å². The standard InChI is InChI=1S/C43H59N7O9/c1-5-14-33(38(52)40(54)44-25-35(51)46-36(41(55)48(2)3)29-16-8-6-9-17-29)45-39(53)34-24-32-27-50(34)42(56)37(30-18-10-7-11-19-30)47-43(57)49(4)26-28-15-12-20-31(23-28)58-21-13-22-59-32/h6,8-9,12,15-17,20,23,30,32-34,36-37H,5,7,10-11,13-14,18-19,21-22,24-27H2,1-4H3,(H,44,54)(H,45,53)(H,46,51)(H,47,57)/t32-,33?,34+,36+,37+/m1/s1. The normalized spacial score (nSPS) is 21.5. The summed E-state index contributed by atoms with van der Waals surface area (Å²) in [6.45, 7) is 2.26. The molecule has 2 aliphatic heterocycles. The number of Topliss-reactive ketones (excluding diaryl/α,β-unsaturated/α-hetero) is 1. The summed E-state index contributed by atoms with van der Waals surface area (Å²) in [4.78, 5) is 99.4. The van der Waals surface area contributed by atoms with Gasteiger partial charge in [-0.1, -0.05) is 75.1 Å². The van der Waals surface area contributed by atoms with Gasteiger partial charge in [-0.2, -0.15) is 0 Å². The van der Waals surface area contributed by atoms with Gasteiger partial charge >= 0.3 is 6.03 Å². The van der Waals surface area contributed by atoms with Crippen LogP contribution in [-0.4, -0.2) is 128 Å². The molecule has 2 heterocycles. The highest BCUT2D eigenvalue weighted by molar-refractivity contribution is 6.38. The SMILES string of the molecule is CCCC(NC(=O)[C@@H]1C[C@@H]2CN1C(=O)[C@H](C1CCCCC1)NC(=O)N(C)Cc1cccc(c1)OCCCO2)C(=O)C(=O)NCC(=O)N[C@H](C(=O)N(C)C)c1ccccc1. The number of ether oxygens (including phenoxy) is 2. The monoisotopic (exact) mass is 817 g/mol. The highest BCUT2D eigenvalue weighted by atomic mass is 16.5. The van der Waals surface area contributed by atoms with Gasteiger partial charge in [-0.05, 0) is 48.4 Å². The summed E-state index contributed by atoms with van der Waals surface area (Å²) in [7, 11) is 4.78. The van der Waals surface area contributed by atoms with E-state index in [1.807, 2.05) is 24.3 Å². The van der Waals surface area contributed by atoms with Crippen LogP contribution in [0.1, 0.15) is 81.9 Å². The van der Waals surface area contributed by atoms with Gasteiger partial charge in [0.25, 0.3) is 5.91 Å². The second kappa shape index (κ2) is 21.5. The third-order valence-corrected chi connectivity index (χ3v) is 11.1. The van der Waals surface area contributed by atoms with Crippen molar-refractivity contribution in [3.63, 3.8) is 0 Å². The van der Waals surface area contributed by atoms with Gasteiger partial charge in [0.15, 0.2) is 0 Å². The van der Waals surface area contributed by atoms with Crippen LogP contribution in [0.5, 0.6) is 5.75 Å². The third-order valence-electron chi connectivity index (χ3n) is 11.1. The fourth-order valence-corrected chi connectivity index (χ4v) is 7.89. The summed E-state index contributed by atoms with van der Waals surface area (Å²) >= 11 is 0. The fraction of sp³-hybridized carbons (Fsp3) is 0.558. The average molecular weight is 818 g/mol. The Bertz CT molecular complexity index is 1800. The summed E-state index contributed by atoms with van der Waals surface area (Å²) in [5.74, 6) is -3.62. The topological polar surface area (TPSA) is 196 Å². The van der Waals surface area contributed by atoms with Crippen molar-refractivity contribution in [3.8, 4) is 5.75 Å². The summed E-state index contributed by atoms with van der Waals surface area (Å²) in [6, 6.07) is 11.5. The van der Waals surface area contributed by atoms with Crippen LogP contribution in [0, 0.1) is 5.92 Å². The molecule has 0 spiro atoms. The molecule has 4 N–H and O–H groups in total. The minimum absolute atomic E-state index is 0.0930. The zero-order valence-corrected chi connectivity index (χ0v) is 34.6. The maximum Gasteiger partial charge on any atom is 0.318 e. The van der Waals surface area contributed by atoms with Crippen LogP contribution in [0.25, 0.3) is 0 Å². The molecule has 16 heteroatoms. The molecule has 16 nitrogen and oxygen atoms in total. The van der Waals surface area contributed by atoms with Crippen molar-refractivity contribution < 1.29 is 43.0 Å². The van der Waals surface area contributed by atoms with E-state index in [1.165, 1.54) is 14.7 Å². The van der Waals surface area contributed by atoms with Gasteiger partial charge in [0.05, 0.1) is 31.9 Å². The zero-order valence-electron chi connectivity index (χ0n) is 34.6. The fourth-order valence-electron chi connectivity index (χ4n) is 7.89. The van der Waals surface area contributed by atoms with Crippen LogP contribution in [0.3, 0.4) is 0 Å². The Morgan fingerprint density at radius 3 is 2.39 bits per heavy atom. The summed E-state index contributed by atoms with van der Waals surface area (Å²) in [5.41, 5.74) is 1.41. The maximum absolute atomic E-state index is 14.7. The van der Waals surface area contributed by atoms with Crippen molar-refractivity contribution in [2.75, 3.05) is 47.4 Å². The number of fused-ring (bicyclic) bond motifs is 4. The predicted octanol–water partition coefficient (Wildman–Crippen LogP) is 2.46. The summed E-state index contributed by atoms with van der Waals surface area (Å²) < 4.78 is 12.1. The molecule has 59 heavy (non-hydrogen) atoms. The number of rotatable bonds is 12. The Morgan fingerprint density at radius 2 is 1.68 bits per heavy atom. The summed E-state index contributed by atoms with van der Waals surface area (Å²) in [5, 5.41) is 10.7. The molecule has 5 atom stereocenters. The molecule has 1 aliphatic carbocycles. The number of carbonyl (C=O) groups is 7. The second-order valence-corrected chi connectivity index (χ2v) is 15.8. The Labute approximate surface area is 346 Å². The van der Waals surface area contributed by atoms with E-state index in [0.29, 0.717) is 37.4 Å². The molecule has 7 amide bonds. The van der Waals surface area contributed by atoms with Crippen molar-refractivity contribution >= 4 is 41.4 Å². The highest BCUT2D eigenvalue weighted by Crippen LogP contribution is 2.30. The third kappa shape index (κ3) is 12.3. The molecule has 5 rings (SSSR count). The number of nitrogens with zero attached hydrogens (tertiary/aromatic N) is 3. The van der Waals surface area contributed by atoms with Gasteiger partial charge < -0.3 is 45.4 Å². The molecular formula is C43H59N7O9. The lowest BCUT2D eigenvalue weighted by molar-refractivity contribution is -0.143. The van der Waals surface area contributed by atoms with Crippen molar-refractivity contribution in [1.29, 1.82) is 0 Å². The number of likely N-dealkylation sites (N-methyl/N-ethyl adjacent to an activating group) is 1. The number of urea groups is 1. The van der Waals surface area contributed by atoms with Gasteiger partial charge in [-0.3, -0.25) is 28.8 Å². The van der Waals surface area contributed by atoms with E-state index in [4.69, 9.17) is 9.47 Å². The van der Waals surface area contributed by atoms with Gasteiger partial charge in [-0.15, -0.1) is 0 Å². The molecule has 0 aromatic heterocycles. The number of nitrogens with one attached hydrogen (secondary N) is 4. The first kappa shape index (κ1) is 44.6. The van der Waals surface area contributed by atoms with Crippen molar-refractivity contribution in [1.82, 2.24) is 36.0 Å². The minimum atomic E-state index is -1.25. The molecular weight excluding hydrogens is 759 g/mol. The molecule has 1 saturated carbocycles. The molecule has 1 saturated heterocycles. The predicted molar refractivity (Wildman–Crippen MR) is 218 cm³/mol. The molecule has 2 fully saturated rings. The van der Waals surface area contributed by atoms with Gasteiger partial charge in [0.2, 0.25) is 29.4 Å². The average Bonchev–Trinajstić information content (AvgIpc) is 3.67. The highest BCUT2D eigenvalue weighted by Gasteiger charge is 2.45. The first-order valence-electron chi connectivity index (χ1n) is 20.7. The van der Waals surface area contributed by atoms with E-state index in [-0.39, 0.29) is 37.8 Å². The number of hydrogen-bond donors (Lipinski definition) is 4. The van der Waals surface area contributed by atoms with Crippen LogP contribution in [0.15, 0.2) is 54.6 Å². The lowest BCUT2D eigenvalue weighted by atomic mass is 9.83. The first-order valence-corrected chi connectivity index (χ1v) is 20.7. The van der Waals surface area contributed by atoms with Gasteiger partial charge in [0, 0.05) is 47.1 Å². The lowest BCUT2D eigenvalue weighted by Gasteiger charge is -2.35. The van der Waals surface area contributed by atoms with E-state index >= 15 is 0 Å². The van der Waals surface area contributed by atoms with Gasteiger partial charge in [-0.25, -0.2) is 4.79 Å².